The summed E-state index contributed by atoms with van der Waals surface area (Å²) in [5.41, 5.74) is -2.20. The SMILES string of the molecule is Cc1ccc(C2=CC=CC(F)(F)C2(F)F)c(F)c1F. The molecule has 0 spiro atoms. The zero-order valence-corrected chi connectivity index (χ0v) is 9.65. The van der Waals surface area contributed by atoms with Gasteiger partial charge in [0.15, 0.2) is 11.6 Å². The molecular weight excluding hydrogens is 270 g/mol. The topological polar surface area (TPSA) is 0 Å². The quantitative estimate of drug-likeness (QED) is 0.664. The molecule has 0 N–H and O–H groups in total. The third-order valence-corrected chi connectivity index (χ3v) is 2.89. The Balaban J connectivity index is 2.63. The molecule has 6 heteroatoms. The van der Waals surface area contributed by atoms with E-state index in [9.17, 15) is 26.3 Å². The van der Waals surface area contributed by atoms with Crippen LogP contribution < -0.4 is 0 Å². The highest BCUT2D eigenvalue weighted by Gasteiger charge is 2.58. The molecule has 0 radical (unpaired) electrons. The Bertz CT molecular complexity index is 583. The molecule has 0 bridgehead atoms. The van der Waals surface area contributed by atoms with Crippen LogP contribution in [0.15, 0.2) is 30.4 Å². The van der Waals surface area contributed by atoms with E-state index in [1.165, 1.54) is 6.92 Å². The molecular formula is C13H8F6. The number of hydrogen-bond acceptors (Lipinski definition) is 0. The molecule has 0 fully saturated rings. The number of hydrogen-bond donors (Lipinski definition) is 0. The molecule has 0 aromatic heterocycles. The van der Waals surface area contributed by atoms with Crippen molar-refractivity contribution in [3.63, 3.8) is 0 Å². The first kappa shape index (κ1) is 13.7. The molecule has 0 saturated heterocycles. The van der Waals surface area contributed by atoms with Crippen molar-refractivity contribution in [1.29, 1.82) is 0 Å². The second-order valence-corrected chi connectivity index (χ2v) is 4.19. The van der Waals surface area contributed by atoms with Crippen molar-refractivity contribution in [2.75, 3.05) is 0 Å². The van der Waals surface area contributed by atoms with Crippen LogP contribution in [-0.4, -0.2) is 11.8 Å². The zero-order valence-electron chi connectivity index (χ0n) is 9.65. The lowest BCUT2D eigenvalue weighted by Crippen LogP contribution is -2.41. The van der Waals surface area contributed by atoms with Gasteiger partial charge in [-0.05, 0) is 18.6 Å². The normalized spacial score (nSPS) is 20.3. The minimum Gasteiger partial charge on any atom is -0.203 e. The van der Waals surface area contributed by atoms with E-state index in [2.05, 4.69) is 0 Å². The molecule has 19 heavy (non-hydrogen) atoms. The first-order chi connectivity index (χ1) is 8.68. The summed E-state index contributed by atoms with van der Waals surface area (Å²) in [5.74, 6) is -11.9. The Hall–Kier alpha value is -1.72. The van der Waals surface area contributed by atoms with Crippen LogP contribution >= 0.6 is 0 Å². The van der Waals surface area contributed by atoms with Crippen LogP contribution in [0.25, 0.3) is 5.57 Å². The number of allylic oxidation sites excluding steroid dienone is 4. The van der Waals surface area contributed by atoms with Gasteiger partial charge in [-0.15, -0.1) is 0 Å². The van der Waals surface area contributed by atoms with Crippen molar-refractivity contribution in [3.8, 4) is 0 Å². The van der Waals surface area contributed by atoms with Gasteiger partial charge >= 0.3 is 11.8 Å². The molecule has 0 nitrogen and oxygen atoms in total. The Morgan fingerprint density at radius 3 is 2.21 bits per heavy atom. The van der Waals surface area contributed by atoms with Crippen LogP contribution in [0.3, 0.4) is 0 Å². The average Bonchev–Trinajstić information content (AvgIpc) is 2.31. The smallest absolute Gasteiger partial charge is 0.203 e. The highest BCUT2D eigenvalue weighted by Crippen LogP contribution is 2.48. The van der Waals surface area contributed by atoms with Crippen molar-refractivity contribution in [3.05, 3.63) is 53.1 Å². The van der Waals surface area contributed by atoms with Gasteiger partial charge in [0, 0.05) is 11.1 Å². The second kappa shape index (κ2) is 4.15. The minimum absolute atomic E-state index is 0.0267. The summed E-state index contributed by atoms with van der Waals surface area (Å²) in [7, 11) is 0. The van der Waals surface area contributed by atoms with E-state index in [0.29, 0.717) is 12.2 Å². The van der Waals surface area contributed by atoms with Crippen molar-refractivity contribution < 1.29 is 26.3 Å². The molecule has 0 unspecified atom stereocenters. The summed E-state index contributed by atoms with van der Waals surface area (Å²) < 4.78 is 80.4. The zero-order chi connectivity index (χ0) is 14.4. The Labute approximate surface area is 105 Å². The fourth-order valence-electron chi connectivity index (χ4n) is 1.77. The van der Waals surface area contributed by atoms with Crippen LogP contribution in [-0.2, 0) is 0 Å². The van der Waals surface area contributed by atoms with E-state index in [4.69, 9.17) is 0 Å². The maximum absolute atomic E-state index is 13.6. The van der Waals surface area contributed by atoms with Gasteiger partial charge in [-0.25, -0.2) is 8.78 Å². The van der Waals surface area contributed by atoms with Crippen molar-refractivity contribution >= 4 is 5.57 Å². The molecule has 1 aliphatic carbocycles. The maximum atomic E-state index is 13.6. The average molecular weight is 278 g/mol. The van der Waals surface area contributed by atoms with Crippen LogP contribution in [0.1, 0.15) is 11.1 Å². The monoisotopic (exact) mass is 278 g/mol. The predicted molar refractivity (Wildman–Crippen MR) is 58.1 cm³/mol. The number of halogens is 6. The largest absolute Gasteiger partial charge is 0.339 e. The second-order valence-electron chi connectivity index (χ2n) is 4.19. The van der Waals surface area contributed by atoms with Gasteiger partial charge in [0.05, 0.1) is 0 Å². The van der Waals surface area contributed by atoms with Gasteiger partial charge in [0.2, 0.25) is 0 Å². The molecule has 0 heterocycles. The third kappa shape index (κ3) is 1.95. The van der Waals surface area contributed by atoms with Gasteiger partial charge in [-0.2, -0.15) is 17.6 Å². The highest BCUT2D eigenvalue weighted by atomic mass is 19.3. The fraction of sp³-hybridized carbons (Fsp3) is 0.231. The molecule has 1 aromatic rings. The van der Waals surface area contributed by atoms with E-state index < -0.39 is 34.6 Å². The third-order valence-electron chi connectivity index (χ3n) is 2.89. The van der Waals surface area contributed by atoms with Gasteiger partial charge < -0.3 is 0 Å². The Morgan fingerprint density at radius 2 is 1.58 bits per heavy atom. The summed E-state index contributed by atoms with van der Waals surface area (Å²) >= 11 is 0. The van der Waals surface area contributed by atoms with Crippen molar-refractivity contribution in [2.45, 2.75) is 18.8 Å². The molecule has 0 atom stereocenters. The Morgan fingerprint density at radius 1 is 0.947 bits per heavy atom. The van der Waals surface area contributed by atoms with E-state index in [-0.39, 0.29) is 11.6 Å². The summed E-state index contributed by atoms with van der Waals surface area (Å²) in [4.78, 5) is 0. The van der Waals surface area contributed by atoms with Gasteiger partial charge in [-0.1, -0.05) is 24.3 Å². The van der Waals surface area contributed by atoms with E-state index in [1.54, 1.807) is 0 Å². The summed E-state index contributed by atoms with van der Waals surface area (Å²) in [6.07, 6.45) is 1.38. The van der Waals surface area contributed by atoms with Gasteiger partial charge in [-0.3, -0.25) is 0 Å². The van der Waals surface area contributed by atoms with Crippen LogP contribution in [0, 0.1) is 18.6 Å². The first-order valence-electron chi connectivity index (χ1n) is 5.29. The lowest BCUT2D eigenvalue weighted by molar-refractivity contribution is -0.140. The molecule has 0 saturated carbocycles. The molecule has 0 amide bonds. The maximum Gasteiger partial charge on any atom is 0.339 e. The lowest BCUT2D eigenvalue weighted by Gasteiger charge is -2.29. The van der Waals surface area contributed by atoms with E-state index >= 15 is 0 Å². The van der Waals surface area contributed by atoms with Gasteiger partial charge in [0.25, 0.3) is 0 Å². The van der Waals surface area contributed by atoms with Crippen LogP contribution in [0.5, 0.6) is 0 Å². The molecule has 102 valence electrons. The minimum atomic E-state index is -4.59. The lowest BCUT2D eigenvalue weighted by atomic mass is 9.90. The first-order valence-corrected chi connectivity index (χ1v) is 5.29. The molecule has 0 aliphatic heterocycles. The number of aryl methyl sites for hydroxylation is 1. The summed E-state index contributed by atoms with van der Waals surface area (Å²) in [5, 5.41) is 0. The fourth-order valence-corrected chi connectivity index (χ4v) is 1.77. The van der Waals surface area contributed by atoms with Crippen LogP contribution in [0.4, 0.5) is 26.3 Å². The number of alkyl halides is 4. The van der Waals surface area contributed by atoms with E-state index in [1.807, 2.05) is 0 Å². The number of benzene rings is 1. The highest BCUT2D eigenvalue weighted by molar-refractivity contribution is 5.75. The van der Waals surface area contributed by atoms with Crippen molar-refractivity contribution in [1.82, 2.24) is 0 Å². The number of rotatable bonds is 1. The van der Waals surface area contributed by atoms with Crippen molar-refractivity contribution in [2.24, 2.45) is 0 Å². The molecule has 2 rings (SSSR count). The molecule has 1 aromatic carbocycles. The van der Waals surface area contributed by atoms with E-state index in [0.717, 1.165) is 12.1 Å². The van der Waals surface area contributed by atoms with Gasteiger partial charge in [0.1, 0.15) is 0 Å². The molecule has 1 aliphatic rings. The standard InChI is InChI=1S/C13H8F6/c1-7-4-5-8(11(15)10(7)14)9-3-2-6-12(16,17)13(9,18)19/h2-6H,1H3. The summed E-state index contributed by atoms with van der Waals surface area (Å²) in [6.45, 7) is 1.24. The Kier molecular flexibility index (Phi) is 2.99. The van der Waals surface area contributed by atoms with Crippen LogP contribution in [0.2, 0.25) is 0 Å². The predicted octanol–water partition coefficient (Wildman–Crippen LogP) is 4.50. The summed E-state index contributed by atoms with van der Waals surface area (Å²) in [6, 6.07) is 1.92.